The van der Waals surface area contributed by atoms with Crippen LogP contribution in [0.5, 0.6) is 0 Å². The molecule has 0 aliphatic rings. The van der Waals surface area contributed by atoms with Gasteiger partial charge >= 0.3 is 12.1 Å². The SMILES string of the molecule is CN(C)CCCC(NC(=O)Nc1ccsc1)c1ccc(C(=O)Nc2ccccc2NC(=O)OC(C)(C)C)cc1. The van der Waals surface area contributed by atoms with Crippen LogP contribution in [0.2, 0.25) is 0 Å². The third kappa shape index (κ3) is 10.1. The fourth-order valence-electron chi connectivity index (χ4n) is 3.77. The first kappa shape index (κ1) is 29.7. The molecule has 9 nitrogen and oxygen atoms in total. The highest BCUT2D eigenvalue weighted by molar-refractivity contribution is 7.08. The summed E-state index contributed by atoms with van der Waals surface area (Å²) in [5, 5.41) is 15.2. The molecule has 1 heterocycles. The summed E-state index contributed by atoms with van der Waals surface area (Å²) in [6.07, 6.45) is 1.02. The first-order valence-corrected chi connectivity index (χ1v) is 13.7. The van der Waals surface area contributed by atoms with Crippen LogP contribution in [-0.4, -0.2) is 49.2 Å². The topological polar surface area (TPSA) is 112 Å². The van der Waals surface area contributed by atoms with E-state index in [0.29, 0.717) is 16.9 Å². The number of urea groups is 1. The average Bonchev–Trinajstić information content (AvgIpc) is 3.36. The van der Waals surface area contributed by atoms with Gasteiger partial charge in [0, 0.05) is 10.9 Å². The van der Waals surface area contributed by atoms with E-state index in [2.05, 4.69) is 26.2 Å². The maximum absolute atomic E-state index is 13.0. The molecule has 1 atom stereocenters. The fourth-order valence-corrected chi connectivity index (χ4v) is 4.36. The van der Waals surface area contributed by atoms with Gasteiger partial charge in [0.2, 0.25) is 0 Å². The molecule has 39 heavy (non-hydrogen) atoms. The van der Waals surface area contributed by atoms with Gasteiger partial charge in [-0.1, -0.05) is 24.3 Å². The van der Waals surface area contributed by atoms with Gasteiger partial charge in [0.1, 0.15) is 5.60 Å². The van der Waals surface area contributed by atoms with Gasteiger partial charge in [-0.25, -0.2) is 9.59 Å². The standard InChI is InChI=1S/C29H37N5O4S/c1-29(2,3)38-28(37)33-25-10-7-6-9-24(25)31-26(35)21-14-12-20(13-15-21)23(11-8-17-34(4)5)32-27(36)30-22-16-18-39-19-22/h6-7,9-10,12-16,18-19,23H,8,11,17H2,1-5H3,(H,31,35)(H,33,37)(H2,30,32,36). The Morgan fingerprint density at radius 3 is 2.18 bits per heavy atom. The minimum atomic E-state index is -0.645. The third-order valence-electron chi connectivity index (χ3n) is 5.57. The van der Waals surface area contributed by atoms with Crippen LogP contribution in [0, 0.1) is 0 Å². The molecule has 0 bridgehead atoms. The van der Waals surface area contributed by atoms with E-state index >= 15 is 0 Å². The molecule has 10 heteroatoms. The van der Waals surface area contributed by atoms with Crippen molar-refractivity contribution < 1.29 is 19.1 Å². The number of amides is 4. The second-order valence-corrected chi connectivity index (χ2v) is 11.1. The Hall–Kier alpha value is -3.89. The summed E-state index contributed by atoms with van der Waals surface area (Å²) in [5.74, 6) is -0.327. The van der Waals surface area contributed by atoms with Crippen molar-refractivity contribution in [1.29, 1.82) is 0 Å². The number of carbonyl (C=O) groups is 3. The van der Waals surface area contributed by atoms with Crippen molar-refractivity contribution in [2.24, 2.45) is 0 Å². The van der Waals surface area contributed by atoms with Gasteiger partial charge in [0.05, 0.1) is 23.1 Å². The quantitative estimate of drug-likeness (QED) is 0.228. The molecule has 0 spiro atoms. The Morgan fingerprint density at radius 2 is 1.59 bits per heavy atom. The molecule has 2 aromatic carbocycles. The Morgan fingerprint density at radius 1 is 0.923 bits per heavy atom. The molecule has 3 rings (SSSR count). The summed E-state index contributed by atoms with van der Waals surface area (Å²) in [6, 6.07) is 15.4. The molecular weight excluding hydrogens is 514 g/mol. The second kappa shape index (κ2) is 13.8. The molecule has 4 N–H and O–H groups in total. The normalized spacial score (nSPS) is 11.9. The molecule has 0 radical (unpaired) electrons. The van der Waals surface area contributed by atoms with Crippen molar-refractivity contribution in [2.45, 2.75) is 45.3 Å². The maximum Gasteiger partial charge on any atom is 0.412 e. The third-order valence-corrected chi connectivity index (χ3v) is 6.25. The average molecular weight is 552 g/mol. The van der Waals surface area contributed by atoms with Crippen LogP contribution in [0.3, 0.4) is 0 Å². The number of carbonyl (C=O) groups excluding carboxylic acids is 3. The zero-order valence-electron chi connectivity index (χ0n) is 23.0. The van der Waals surface area contributed by atoms with Gasteiger partial charge in [-0.05, 0) is 95.5 Å². The number of anilines is 3. The largest absolute Gasteiger partial charge is 0.444 e. The summed E-state index contributed by atoms with van der Waals surface area (Å²) < 4.78 is 5.32. The predicted molar refractivity (Wildman–Crippen MR) is 158 cm³/mol. The van der Waals surface area contributed by atoms with Gasteiger partial charge in [0.25, 0.3) is 5.91 Å². The molecule has 0 aliphatic heterocycles. The van der Waals surface area contributed by atoms with Gasteiger partial charge in [-0.3, -0.25) is 10.1 Å². The number of rotatable bonds is 10. The summed E-state index contributed by atoms with van der Waals surface area (Å²) >= 11 is 1.51. The summed E-state index contributed by atoms with van der Waals surface area (Å²) in [4.78, 5) is 40.0. The lowest BCUT2D eigenvalue weighted by molar-refractivity contribution is 0.0635. The molecule has 4 amide bonds. The lowest BCUT2D eigenvalue weighted by Gasteiger charge is -2.21. The molecule has 1 unspecified atom stereocenters. The van der Waals surface area contributed by atoms with Crippen LogP contribution in [0.4, 0.5) is 26.7 Å². The smallest absolute Gasteiger partial charge is 0.412 e. The second-order valence-electron chi connectivity index (χ2n) is 10.4. The van der Waals surface area contributed by atoms with Crippen LogP contribution in [0.25, 0.3) is 0 Å². The van der Waals surface area contributed by atoms with E-state index in [1.54, 1.807) is 57.2 Å². The van der Waals surface area contributed by atoms with Crippen molar-refractivity contribution in [2.75, 3.05) is 36.6 Å². The van der Waals surface area contributed by atoms with Crippen molar-refractivity contribution >= 4 is 46.4 Å². The van der Waals surface area contributed by atoms with E-state index in [1.807, 2.05) is 43.1 Å². The van der Waals surface area contributed by atoms with Crippen LogP contribution >= 0.6 is 11.3 Å². The summed E-state index contributed by atoms with van der Waals surface area (Å²) in [7, 11) is 4.03. The maximum atomic E-state index is 13.0. The van der Waals surface area contributed by atoms with Crippen molar-refractivity contribution in [1.82, 2.24) is 10.2 Å². The Bertz CT molecular complexity index is 1240. The summed E-state index contributed by atoms with van der Waals surface area (Å²) in [6.45, 7) is 6.23. The highest BCUT2D eigenvalue weighted by atomic mass is 32.1. The summed E-state index contributed by atoms with van der Waals surface area (Å²) in [5.41, 5.74) is 2.33. The predicted octanol–water partition coefficient (Wildman–Crippen LogP) is 6.55. The monoisotopic (exact) mass is 551 g/mol. The molecular formula is C29H37N5O4S. The molecule has 208 valence electrons. The van der Waals surface area contributed by atoms with Crippen LogP contribution in [-0.2, 0) is 4.74 Å². The van der Waals surface area contributed by atoms with E-state index in [4.69, 9.17) is 4.74 Å². The number of para-hydroxylation sites is 2. The van der Waals surface area contributed by atoms with E-state index in [-0.39, 0.29) is 18.0 Å². The van der Waals surface area contributed by atoms with E-state index in [0.717, 1.165) is 30.6 Å². The zero-order chi connectivity index (χ0) is 28.4. The number of hydrogen-bond acceptors (Lipinski definition) is 6. The van der Waals surface area contributed by atoms with E-state index in [9.17, 15) is 14.4 Å². The molecule has 1 aromatic heterocycles. The van der Waals surface area contributed by atoms with Crippen molar-refractivity contribution in [3.8, 4) is 0 Å². The van der Waals surface area contributed by atoms with Gasteiger partial charge in [-0.2, -0.15) is 11.3 Å². The molecule has 0 fully saturated rings. The molecule has 0 saturated heterocycles. The number of hydrogen-bond donors (Lipinski definition) is 4. The molecule has 3 aromatic rings. The van der Waals surface area contributed by atoms with Crippen molar-refractivity contribution in [3.63, 3.8) is 0 Å². The number of nitrogens with zero attached hydrogens (tertiary/aromatic N) is 1. The number of ether oxygens (including phenoxy) is 1. The zero-order valence-corrected chi connectivity index (χ0v) is 23.9. The highest BCUT2D eigenvalue weighted by Crippen LogP contribution is 2.24. The number of thiophene rings is 1. The van der Waals surface area contributed by atoms with Crippen LogP contribution in [0.15, 0.2) is 65.4 Å². The number of nitrogens with one attached hydrogen (secondary N) is 4. The fraction of sp³-hybridized carbons (Fsp3) is 0.345. The van der Waals surface area contributed by atoms with Crippen molar-refractivity contribution in [3.05, 3.63) is 76.5 Å². The molecule has 0 aliphatic carbocycles. The van der Waals surface area contributed by atoms with E-state index < -0.39 is 11.7 Å². The number of benzene rings is 2. The van der Waals surface area contributed by atoms with Gasteiger partial charge < -0.3 is 25.6 Å². The van der Waals surface area contributed by atoms with Gasteiger partial charge in [0.15, 0.2) is 0 Å². The first-order valence-electron chi connectivity index (χ1n) is 12.7. The highest BCUT2D eigenvalue weighted by Gasteiger charge is 2.19. The van der Waals surface area contributed by atoms with E-state index in [1.165, 1.54) is 11.3 Å². The minimum absolute atomic E-state index is 0.223. The lowest BCUT2D eigenvalue weighted by Crippen LogP contribution is -2.33. The Balaban J connectivity index is 1.68. The van der Waals surface area contributed by atoms with Crippen LogP contribution < -0.4 is 21.3 Å². The first-order chi connectivity index (χ1) is 18.5. The Labute approximate surface area is 233 Å². The van der Waals surface area contributed by atoms with Crippen LogP contribution in [0.1, 0.15) is 55.6 Å². The minimum Gasteiger partial charge on any atom is -0.444 e. The lowest BCUT2D eigenvalue weighted by atomic mass is 10.00. The molecule has 0 saturated carbocycles. The van der Waals surface area contributed by atoms with Gasteiger partial charge in [-0.15, -0.1) is 0 Å². The Kier molecular flexibility index (Phi) is 10.5.